The van der Waals surface area contributed by atoms with Gasteiger partial charge in [0.2, 0.25) is 0 Å². The Bertz CT molecular complexity index is 405. The van der Waals surface area contributed by atoms with Crippen LogP contribution in [0.25, 0.3) is 0 Å². The summed E-state index contributed by atoms with van der Waals surface area (Å²) in [5, 5.41) is 12.3. The second kappa shape index (κ2) is 8.12. The molecule has 1 rings (SSSR count). The summed E-state index contributed by atoms with van der Waals surface area (Å²) in [6.07, 6.45) is 1.07. The molecule has 4 heteroatoms. The van der Waals surface area contributed by atoms with E-state index in [1.807, 2.05) is 25.1 Å². The number of ether oxygens (including phenoxy) is 2. The molecule has 114 valence electrons. The first-order valence-electron chi connectivity index (χ1n) is 7.26. The number of nitrogens with one attached hydrogen (secondary N) is 1. The van der Waals surface area contributed by atoms with Crippen molar-refractivity contribution in [2.75, 3.05) is 19.8 Å². The second-order valence-corrected chi connectivity index (χ2v) is 5.38. The van der Waals surface area contributed by atoms with Crippen LogP contribution in [-0.4, -0.2) is 30.5 Å². The minimum atomic E-state index is -0.000435. The lowest BCUT2D eigenvalue weighted by Gasteiger charge is -2.25. The second-order valence-electron chi connectivity index (χ2n) is 5.38. The van der Waals surface area contributed by atoms with Crippen molar-refractivity contribution in [2.24, 2.45) is 0 Å². The first-order chi connectivity index (χ1) is 9.52. The van der Waals surface area contributed by atoms with Crippen molar-refractivity contribution in [3.63, 3.8) is 0 Å². The Morgan fingerprint density at radius 1 is 1.15 bits per heavy atom. The summed E-state index contributed by atoms with van der Waals surface area (Å²) >= 11 is 0. The Kier molecular flexibility index (Phi) is 6.82. The summed E-state index contributed by atoms with van der Waals surface area (Å²) < 4.78 is 11.1. The Hall–Kier alpha value is -1.26. The molecule has 1 aromatic carbocycles. The average Bonchev–Trinajstić information content (AvgIpc) is 2.44. The molecule has 0 aliphatic carbocycles. The summed E-state index contributed by atoms with van der Waals surface area (Å²) in [6, 6.07) is 5.92. The van der Waals surface area contributed by atoms with E-state index in [2.05, 4.69) is 26.1 Å². The van der Waals surface area contributed by atoms with Crippen LogP contribution in [0.1, 0.15) is 39.7 Å². The van der Waals surface area contributed by atoms with Crippen LogP contribution >= 0.6 is 0 Å². The Morgan fingerprint density at radius 3 is 2.50 bits per heavy atom. The molecule has 0 radical (unpaired) electrons. The van der Waals surface area contributed by atoms with Gasteiger partial charge in [-0.05, 0) is 44.9 Å². The maximum absolute atomic E-state index is 8.83. The number of aliphatic hydroxyl groups is 1. The Labute approximate surface area is 122 Å². The van der Waals surface area contributed by atoms with Gasteiger partial charge in [0.15, 0.2) is 11.5 Å². The first-order valence-corrected chi connectivity index (χ1v) is 7.26. The molecular weight excluding hydrogens is 254 g/mol. The smallest absolute Gasteiger partial charge is 0.161 e. The SMILES string of the molecule is CCOc1cc(CNC(C)(C)CC)ccc1OCCO. The van der Waals surface area contributed by atoms with E-state index >= 15 is 0 Å². The highest BCUT2D eigenvalue weighted by Gasteiger charge is 2.14. The van der Waals surface area contributed by atoms with E-state index in [1.165, 1.54) is 0 Å². The molecule has 0 aliphatic rings. The van der Waals surface area contributed by atoms with Crippen LogP contribution in [0.3, 0.4) is 0 Å². The molecule has 0 aromatic heterocycles. The molecule has 4 nitrogen and oxygen atoms in total. The van der Waals surface area contributed by atoms with Gasteiger partial charge >= 0.3 is 0 Å². The lowest BCUT2D eigenvalue weighted by atomic mass is 10.0. The number of hydrogen-bond acceptors (Lipinski definition) is 4. The van der Waals surface area contributed by atoms with Gasteiger partial charge in [0.05, 0.1) is 13.2 Å². The third-order valence-corrected chi connectivity index (χ3v) is 3.31. The highest BCUT2D eigenvalue weighted by atomic mass is 16.5. The van der Waals surface area contributed by atoms with Crippen LogP contribution in [0.5, 0.6) is 11.5 Å². The fourth-order valence-electron chi connectivity index (χ4n) is 1.67. The minimum absolute atomic E-state index is 0.000435. The van der Waals surface area contributed by atoms with Crippen LogP contribution in [0.2, 0.25) is 0 Å². The maximum Gasteiger partial charge on any atom is 0.161 e. The predicted octanol–water partition coefficient (Wildman–Crippen LogP) is 2.73. The van der Waals surface area contributed by atoms with Crippen LogP contribution < -0.4 is 14.8 Å². The summed E-state index contributed by atoms with van der Waals surface area (Å²) in [5.41, 5.74) is 1.28. The summed E-state index contributed by atoms with van der Waals surface area (Å²) in [7, 11) is 0. The normalized spacial score (nSPS) is 11.4. The van der Waals surface area contributed by atoms with Gasteiger partial charge in [-0.1, -0.05) is 13.0 Å². The molecule has 0 bridgehead atoms. The van der Waals surface area contributed by atoms with Crippen molar-refractivity contribution in [1.82, 2.24) is 5.32 Å². The first kappa shape index (κ1) is 16.8. The third kappa shape index (κ3) is 5.39. The lowest BCUT2D eigenvalue weighted by Crippen LogP contribution is -2.37. The van der Waals surface area contributed by atoms with E-state index in [9.17, 15) is 0 Å². The number of hydrogen-bond donors (Lipinski definition) is 2. The molecule has 0 amide bonds. The van der Waals surface area contributed by atoms with Crippen molar-refractivity contribution < 1.29 is 14.6 Å². The van der Waals surface area contributed by atoms with E-state index in [0.29, 0.717) is 12.4 Å². The fraction of sp³-hybridized carbons (Fsp3) is 0.625. The van der Waals surface area contributed by atoms with Gasteiger partial charge in [-0.15, -0.1) is 0 Å². The summed E-state index contributed by atoms with van der Waals surface area (Å²) in [5.74, 6) is 1.41. The fourth-order valence-corrected chi connectivity index (χ4v) is 1.67. The monoisotopic (exact) mass is 281 g/mol. The van der Waals surface area contributed by atoms with Crippen LogP contribution in [-0.2, 0) is 6.54 Å². The lowest BCUT2D eigenvalue weighted by molar-refractivity contribution is 0.194. The average molecular weight is 281 g/mol. The van der Waals surface area contributed by atoms with Gasteiger partial charge in [-0.3, -0.25) is 0 Å². The van der Waals surface area contributed by atoms with Gasteiger partial charge in [0.25, 0.3) is 0 Å². The third-order valence-electron chi connectivity index (χ3n) is 3.31. The molecule has 0 saturated carbocycles. The van der Waals surface area contributed by atoms with Gasteiger partial charge in [0, 0.05) is 12.1 Å². The predicted molar refractivity (Wildman–Crippen MR) is 81.4 cm³/mol. The minimum Gasteiger partial charge on any atom is -0.490 e. The molecule has 0 atom stereocenters. The summed E-state index contributed by atoms with van der Waals surface area (Å²) in [6.45, 7) is 10.2. The zero-order chi connectivity index (χ0) is 15.0. The van der Waals surface area contributed by atoms with Gasteiger partial charge in [-0.25, -0.2) is 0 Å². The standard InChI is InChI=1S/C16H27NO3/c1-5-16(3,4)17-12-13-7-8-14(20-10-9-18)15(11-13)19-6-2/h7-8,11,17-18H,5-6,9-10,12H2,1-4H3. The molecule has 0 fully saturated rings. The van der Waals surface area contributed by atoms with Gasteiger partial charge < -0.3 is 19.9 Å². The largest absolute Gasteiger partial charge is 0.490 e. The van der Waals surface area contributed by atoms with Crippen molar-refractivity contribution in [2.45, 2.75) is 46.2 Å². The Morgan fingerprint density at radius 2 is 1.90 bits per heavy atom. The molecule has 1 aromatic rings. The van der Waals surface area contributed by atoms with E-state index in [0.717, 1.165) is 24.3 Å². The van der Waals surface area contributed by atoms with Crippen molar-refractivity contribution >= 4 is 0 Å². The van der Waals surface area contributed by atoms with Crippen LogP contribution in [0.4, 0.5) is 0 Å². The van der Waals surface area contributed by atoms with E-state index in [-0.39, 0.29) is 18.8 Å². The topological polar surface area (TPSA) is 50.7 Å². The van der Waals surface area contributed by atoms with Gasteiger partial charge in [0.1, 0.15) is 6.61 Å². The quantitative estimate of drug-likeness (QED) is 0.731. The summed E-state index contributed by atoms with van der Waals surface area (Å²) in [4.78, 5) is 0. The maximum atomic E-state index is 8.83. The number of benzene rings is 1. The van der Waals surface area contributed by atoms with Gasteiger partial charge in [-0.2, -0.15) is 0 Å². The van der Waals surface area contributed by atoms with Crippen LogP contribution in [0, 0.1) is 0 Å². The molecule has 0 saturated heterocycles. The number of aliphatic hydroxyl groups excluding tert-OH is 1. The zero-order valence-electron chi connectivity index (χ0n) is 13.0. The van der Waals surface area contributed by atoms with Crippen LogP contribution in [0.15, 0.2) is 18.2 Å². The van der Waals surface area contributed by atoms with Crippen molar-refractivity contribution in [3.05, 3.63) is 23.8 Å². The van der Waals surface area contributed by atoms with E-state index < -0.39 is 0 Å². The molecule has 0 heterocycles. The Balaban J connectivity index is 2.76. The molecule has 0 unspecified atom stereocenters. The van der Waals surface area contributed by atoms with Crippen molar-refractivity contribution in [3.8, 4) is 11.5 Å². The van der Waals surface area contributed by atoms with E-state index in [4.69, 9.17) is 14.6 Å². The molecule has 2 N–H and O–H groups in total. The molecule has 0 spiro atoms. The van der Waals surface area contributed by atoms with E-state index in [1.54, 1.807) is 0 Å². The molecule has 0 aliphatic heterocycles. The highest BCUT2D eigenvalue weighted by molar-refractivity contribution is 5.43. The highest BCUT2D eigenvalue weighted by Crippen LogP contribution is 2.28. The molecular formula is C16H27NO3. The van der Waals surface area contributed by atoms with Crippen molar-refractivity contribution in [1.29, 1.82) is 0 Å². The number of rotatable bonds is 9. The zero-order valence-corrected chi connectivity index (χ0v) is 13.0. The molecule has 20 heavy (non-hydrogen) atoms.